The summed E-state index contributed by atoms with van der Waals surface area (Å²) in [5.74, 6) is 2.39. The first-order valence-corrected chi connectivity index (χ1v) is 10.2. The Balaban J connectivity index is 1.65. The summed E-state index contributed by atoms with van der Waals surface area (Å²) < 4.78 is 5.35. The SMILES string of the molecule is C[C@H](SCc1ccco1)c1nc2scc(-c3cccs3)c2c(=O)[nH]1. The Morgan fingerprint density at radius 1 is 1.33 bits per heavy atom. The van der Waals surface area contributed by atoms with Crippen molar-refractivity contribution in [1.82, 2.24) is 9.97 Å². The summed E-state index contributed by atoms with van der Waals surface area (Å²) in [4.78, 5) is 22.1. The highest BCUT2D eigenvalue weighted by atomic mass is 32.2. The van der Waals surface area contributed by atoms with E-state index in [4.69, 9.17) is 4.42 Å². The quantitative estimate of drug-likeness (QED) is 0.515. The number of H-pyrrole nitrogens is 1. The average Bonchev–Trinajstić information content (AvgIpc) is 3.31. The third kappa shape index (κ3) is 2.94. The van der Waals surface area contributed by atoms with Gasteiger partial charge in [0, 0.05) is 15.8 Å². The molecule has 122 valence electrons. The van der Waals surface area contributed by atoms with Crippen LogP contribution in [-0.2, 0) is 5.75 Å². The van der Waals surface area contributed by atoms with E-state index in [2.05, 4.69) is 9.97 Å². The zero-order chi connectivity index (χ0) is 16.5. The van der Waals surface area contributed by atoms with Gasteiger partial charge in [-0.3, -0.25) is 4.79 Å². The Morgan fingerprint density at radius 2 is 2.25 bits per heavy atom. The fourth-order valence-electron chi connectivity index (χ4n) is 2.45. The van der Waals surface area contributed by atoms with E-state index in [1.807, 2.05) is 41.9 Å². The summed E-state index contributed by atoms with van der Waals surface area (Å²) in [7, 11) is 0. The van der Waals surface area contributed by atoms with Crippen LogP contribution in [0.5, 0.6) is 0 Å². The molecule has 0 radical (unpaired) electrons. The molecule has 0 aliphatic carbocycles. The normalized spacial score (nSPS) is 12.7. The molecular weight excluding hydrogens is 360 g/mol. The molecule has 24 heavy (non-hydrogen) atoms. The van der Waals surface area contributed by atoms with Crippen molar-refractivity contribution < 1.29 is 4.42 Å². The number of aromatic amines is 1. The van der Waals surface area contributed by atoms with Crippen molar-refractivity contribution in [2.24, 2.45) is 0 Å². The minimum Gasteiger partial charge on any atom is -0.468 e. The van der Waals surface area contributed by atoms with Crippen LogP contribution >= 0.6 is 34.4 Å². The second-order valence-corrected chi connectivity index (χ2v) is 8.43. The van der Waals surface area contributed by atoms with Crippen LogP contribution in [0, 0.1) is 0 Å². The van der Waals surface area contributed by atoms with E-state index in [0.717, 1.165) is 26.8 Å². The Hall–Kier alpha value is -1.83. The zero-order valence-electron chi connectivity index (χ0n) is 12.8. The lowest BCUT2D eigenvalue weighted by Gasteiger charge is -2.09. The first kappa shape index (κ1) is 15.7. The molecule has 0 spiro atoms. The molecule has 1 atom stereocenters. The Kier molecular flexibility index (Phi) is 4.30. The van der Waals surface area contributed by atoms with E-state index in [1.165, 1.54) is 11.3 Å². The zero-order valence-corrected chi connectivity index (χ0v) is 15.3. The number of hydrogen-bond acceptors (Lipinski definition) is 6. The summed E-state index contributed by atoms with van der Waals surface area (Å²) in [6.45, 7) is 2.05. The molecule has 4 heterocycles. The molecule has 4 rings (SSSR count). The number of aromatic nitrogens is 2. The lowest BCUT2D eigenvalue weighted by atomic mass is 10.2. The van der Waals surface area contributed by atoms with Crippen molar-refractivity contribution in [3.05, 3.63) is 63.2 Å². The van der Waals surface area contributed by atoms with Gasteiger partial charge in [0.25, 0.3) is 5.56 Å². The molecule has 0 aliphatic heterocycles. The summed E-state index contributed by atoms with van der Waals surface area (Å²) in [6, 6.07) is 7.85. The van der Waals surface area contributed by atoms with E-state index in [0.29, 0.717) is 11.2 Å². The van der Waals surface area contributed by atoms with Gasteiger partial charge >= 0.3 is 0 Å². The third-order valence-corrected chi connectivity index (χ3v) is 6.64. The third-order valence-electron chi connectivity index (χ3n) is 3.69. The smallest absolute Gasteiger partial charge is 0.260 e. The molecule has 4 aromatic heterocycles. The highest BCUT2D eigenvalue weighted by Crippen LogP contribution is 2.35. The summed E-state index contributed by atoms with van der Waals surface area (Å²) in [5, 5.41) is 4.81. The van der Waals surface area contributed by atoms with Gasteiger partial charge in [-0.2, -0.15) is 0 Å². The van der Waals surface area contributed by atoms with Crippen molar-refractivity contribution in [2.75, 3.05) is 0 Å². The number of furan rings is 1. The highest BCUT2D eigenvalue weighted by molar-refractivity contribution is 7.98. The summed E-state index contributed by atoms with van der Waals surface area (Å²) >= 11 is 4.84. The molecule has 0 unspecified atom stereocenters. The van der Waals surface area contributed by atoms with Gasteiger partial charge in [0.1, 0.15) is 16.4 Å². The van der Waals surface area contributed by atoms with Crippen LogP contribution in [0.1, 0.15) is 23.8 Å². The second-order valence-electron chi connectivity index (χ2n) is 5.29. The number of thioether (sulfide) groups is 1. The lowest BCUT2D eigenvalue weighted by Crippen LogP contribution is -2.12. The van der Waals surface area contributed by atoms with E-state index < -0.39 is 0 Å². The maximum atomic E-state index is 12.6. The molecular formula is C17H14N2O2S3. The molecule has 0 fully saturated rings. The first-order chi connectivity index (χ1) is 11.7. The van der Waals surface area contributed by atoms with Gasteiger partial charge in [-0.15, -0.1) is 34.4 Å². The first-order valence-electron chi connectivity index (χ1n) is 7.41. The number of thiophene rings is 2. The molecule has 4 aromatic rings. The van der Waals surface area contributed by atoms with Crippen LogP contribution < -0.4 is 5.56 Å². The molecule has 0 bridgehead atoms. The van der Waals surface area contributed by atoms with Crippen LogP contribution in [0.4, 0.5) is 0 Å². The molecule has 0 saturated heterocycles. The highest BCUT2D eigenvalue weighted by Gasteiger charge is 2.16. The van der Waals surface area contributed by atoms with Crippen LogP contribution in [-0.4, -0.2) is 9.97 Å². The summed E-state index contributed by atoms with van der Waals surface area (Å²) in [5.41, 5.74) is 0.909. The van der Waals surface area contributed by atoms with E-state index in [-0.39, 0.29) is 10.8 Å². The predicted octanol–water partition coefficient (Wildman–Crippen LogP) is 5.30. The van der Waals surface area contributed by atoms with Crippen molar-refractivity contribution in [2.45, 2.75) is 17.9 Å². The van der Waals surface area contributed by atoms with Crippen molar-refractivity contribution in [1.29, 1.82) is 0 Å². The van der Waals surface area contributed by atoms with E-state index in [1.54, 1.807) is 29.4 Å². The van der Waals surface area contributed by atoms with Crippen LogP contribution in [0.3, 0.4) is 0 Å². The van der Waals surface area contributed by atoms with Crippen LogP contribution in [0.25, 0.3) is 20.7 Å². The standard InChI is InChI=1S/C17H14N2O2S3/c1-10(23-8-11-4-2-6-21-11)15-18-16(20)14-12(9-24-17(14)19-15)13-5-3-7-22-13/h2-7,9-10H,8H2,1H3,(H,18,19,20)/t10-/m0/s1. The molecule has 4 nitrogen and oxygen atoms in total. The summed E-state index contributed by atoms with van der Waals surface area (Å²) in [6.07, 6.45) is 1.67. The Bertz CT molecular complexity index is 1000. The fraction of sp³-hybridized carbons (Fsp3) is 0.176. The van der Waals surface area contributed by atoms with Gasteiger partial charge in [0.05, 0.1) is 22.7 Å². The molecule has 0 aromatic carbocycles. The monoisotopic (exact) mass is 374 g/mol. The topological polar surface area (TPSA) is 58.9 Å². The van der Waals surface area contributed by atoms with Crippen molar-refractivity contribution >= 4 is 44.7 Å². The average molecular weight is 375 g/mol. The van der Waals surface area contributed by atoms with Crippen LogP contribution in [0.15, 0.2) is 50.5 Å². The molecule has 7 heteroatoms. The van der Waals surface area contributed by atoms with Gasteiger partial charge in [-0.1, -0.05) is 6.07 Å². The van der Waals surface area contributed by atoms with E-state index >= 15 is 0 Å². The van der Waals surface area contributed by atoms with E-state index in [9.17, 15) is 4.79 Å². The van der Waals surface area contributed by atoms with Gasteiger partial charge in [-0.25, -0.2) is 4.98 Å². The van der Waals surface area contributed by atoms with Gasteiger partial charge in [-0.05, 0) is 30.5 Å². The van der Waals surface area contributed by atoms with Crippen molar-refractivity contribution in [3.63, 3.8) is 0 Å². The predicted molar refractivity (Wildman–Crippen MR) is 102 cm³/mol. The van der Waals surface area contributed by atoms with Crippen LogP contribution in [0.2, 0.25) is 0 Å². The minimum atomic E-state index is -0.0647. The number of nitrogens with one attached hydrogen (secondary N) is 1. The van der Waals surface area contributed by atoms with Gasteiger partial charge < -0.3 is 9.40 Å². The Labute approximate surface area is 150 Å². The van der Waals surface area contributed by atoms with Gasteiger partial charge in [0.2, 0.25) is 0 Å². The Morgan fingerprint density at radius 3 is 3.00 bits per heavy atom. The second kappa shape index (κ2) is 6.58. The maximum Gasteiger partial charge on any atom is 0.260 e. The molecule has 0 amide bonds. The number of rotatable bonds is 5. The van der Waals surface area contributed by atoms with Crippen molar-refractivity contribution in [3.8, 4) is 10.4 Å². The minimum absolute atomic E-state index is 0.0647. The number of fused-ring (bicyclic) bond motifs is 1. The molecule has 0 aliphatic rings. The maximum absolute atomic E-state index is 12.6. The molecule has 1 N–H and O–H groups in total. The molecule has 0 saturated carbocycles. The number of nitrogens with zero attached hydrogens (tertiary/aromatic N) is 1. The van der Waals surface area contributed by atoms with Gasteiger partial charge in [0.15, 0.2) is 0 Å². The fourth-order valence-corrected chi connectivity index (χ4v) is 5.07. The largest absolute Gasteiger partial charge is 0.468 e. The number of hydrogen-bond donors (Lipinski definition) is 1. The lowest BCUT2D eigenvalue weighted by molar-refractivity contribution is 0.530.